The molecule has 0 radical (unpaired) electrons. The largest absolute Gasteiger partial charge is 0.375 e. The Morgan fingerprint density at radius 3 is 1.80 bits per heavy atom. The second-order valence-electron chi connectivity index (χ2n) is 11.9. The Balaban J connectivity index is 1.61. The van der Waals surface area contributed by atoms with Gasteiger partial charge in [-0.05, 0) is 81.7 Å². The van der Waals surface area contributed by atoms with Gasteiger partial charge in [0.15, 0.2) is 0 Å². The molecule has 0 saturated heterocycles. The number of benzene rings is 7. The zero-order valence-electron chi connectivity index (χ0n) is 23.5. The van der Waals surface area contributed by atoms with Gasteiger partial charge in [0.1, 0.15) is 0 Å². The minimum atomic E-state index is 0.0616. The Labute approximate surface area is 239 Å². The Morgan fingerprint density at radius 2 is 1.07 bits per heavy atom. The van der Waals surface area contributed by atoms with E-state index in [1.807, 2.05) is 0 Å². The zero-order chi connectivity index (χ0) is 27.4. The summed E-state index contributed by atoms with van der Waals surface area (Å²) in [6.07, 6.45) is 0. The monoisotopic (exact) mass is 521 g/mol. The van der Waals surface area contributed by atoms with Crippen LogP contribution in [0.5, 0.6) is 0 Å². The van der Waals surface area contributed by atoms with Gasteiger partial charge in [-0.2, -0.15) is 0 Å². The summed E-state index contributed by atoms with van der Waals surface area (Å²) in [7, 11) is 0. The third-order valence-corrected chi connectivity index (χ3v) is 9.48. The first-order valence-electron chi connectivity index (χ1n) is 14.6. The minimum Gasteiger partial charge on any atom is -0.375 e. The average Bonchev–Trinajstić information content (AvgIpc) is 3.34. The normalized spacial score (nSPS) is 12.7. The number of rotatable bonds is 1. The Morgan fingerprint density at radius 1 is 0.488 bits per heavy atom. The van der Waals surface area contributed by atoms with Crippen molar-refractivity contribution < 1.29 is 0 Å². The quantitative estimate of drug-likeness (QED) is 0.190. The van der Waals surface area contributed by atoms with Crippen molar-refractivity contribution in [3.8, 4) is 11.1 Å². The molecule has 0 spiro atoms. The number of hydrogen-bond donors (Lipinski definition) is 0. The summed E-state index contributed by atoms with van der Waals surface area (Å²) >= 11 is 0. The van der Waals surface area contributed by atoms with Gasteiger partial charge in [0.05, 0.1) is 0 Å². The molecule has 8 aromatic rings. The van der Waals surface area contributed by atoms with Crippen LogP contribution in [0.1, 0.15) is 16.7 Å². The predicted molar refractivity (Wildman–Crippen MR) is 178 cm³/mol. The Kier molecular flexibility index (Phi) is 4.54. The standard InChI is InChI=1S/C39H28BN/c1-23-20-24(2)37(25(3)21-23)40-38-31-15-9-5-11-27(31)16-18-32(38)33-22-28-12-6-8-14-30(28)36-35-29-13-7-4-10-26(29)17-19-34(35)41(40)39(33)36/h4-22H,1-3H3. The molecule has 0 atom stereocenters. The topological polar surface area (TPSA) is 4.93 Å². The molecule has 0 fully saturated rings. The third kappa shape index (κ3) is 2.97. The van der Waals surface area contributed by atoms with Crippen molar-refractivity contribution in [2.75, 3.05) is 0 Å². The first-order chi connectivity index (χ1) is 20.1. The molecule has 0 saturated carbocycles. The molecule has 1 nitrogen and oxygen atoms in total. The lowest BCUT2D eigenvalue weighted by Gasteiger charge is -2.31. The zero-order valence-corrected chi connectivity index (χ0v) is 23.5. The molecule has 0 aliphatic carbocycles. The Bertz CT molecular complexity index is 2390. The fraction of sp³-hybridized carbons (Fsp3) is 0.0769. The summed E-state index contributed by atoms with van der Waals surface area (Å²) in [5, 5.41) is 10.6. The maximum atomic E-state index is 2.69. The molecule has 0 N–H and O–H groups in total. The molecule has 41 heavy (non-hydrogen) atoms. The fourth-order valence-electron chi connectivity index (χ4n) is 8.01. The van der Waals surface area contributed by atoms with Crippen molar-refractivity contribution in [2.45, 2.75) is 20.8 Å². The number of aryl methyl sites for hydroxylation is 3. The lowest BCUT2D eigenvalue weighted by molar-refractivity contribution is 1.30. The molecular weight excluding hydrogens is 493 g/mol. The van der Waals surface area contributed by atoms with Gasteiger partial charge in [-0.3, -0.25) is 0 Å². The maximum Gasteiger partial charge on any atom is 0.330 e. The molecule has 2 heterocycles. The van der Waals surface area contributed by atoms with Gasteiger partial charge in [0.2, 0.25) is 0 Å². The van der Waals surface area contributed by atoms with Gasteiger partial charge >= 0.3 is 6.85 Å². The van der Waals surface area contributed by atoms with E-state index < -0.39 is 0 Å². The third-order valence-electron chi connectivity index (χ3n) is 9.48. The highest BCUT2D eigenvalue weighted by Gasteiger charge is 2.38. The minimum absolute atomic E-state index is 0.0616. The first-order valence-corrected chi connectivity index (χ1v) is 14.6. The number of hydrogen-bond acceptors (Lipinski definition) is 0. The van der Waals surface area contributed by atoms with E-state index in [4.69, 9.17) is 0 Å². The Hall–Kier alpha value is -4.82. The second-order valence-corrected chi connectivity index (χ2v) is 11.9. The maximum absolute atomic E-state index is 2.69. The molecule has 9 rings (SSSR count). The highest BCUT2D eigenvalue weighted by Crippen LogP contribution is 2.45. The molecule has 0 unspecified atom stereocenters. The van der Waals surface area contributed by atoms with E-state index in [9.17, 15) is 0 Å². The summed E-state index contributed by atoms with van der Waals surface area (Å²) in [5.74, 6) is 0. The van der Waals surface area contributed by atoms with E-state index in [1.54, 1.807) is 0 Å². The summed E-state index contributed by atoms with van der Waals surface area (Å²) in [5.41, 5.74) is 12.2. The second kappa shape index (κ2) is 8.11. The molecule has 7 aromatic carbocycles. The molecular formula is C39H28BN. The molecule has 1 aromatic heterocycles. The van der Waals surface area contributed by atoms with Crippen LogP contribution < -0.4 is 10.9 Å². The van der Waals surface area contributed by atoms with Gasteiger partial charge in [-0.15, -0.1) is 0 Å². The van der Waals surface area contributed by atoms with Gasteiger partial charge < -0.3 is 4.48 Å². The van der Waals surface area contributed by atoms with Crippen molar-refractivity contribution in [1.29, 1.82) is 0 Å². The highest BCUT2D eigenvalue weighted by molar-refractivity contribution is 6.89. The van der Waals surface area contributed by atoms with Gasteiger partial charge in [-0.25, -0.2) is 0 Å². The summed E-state index contributed by atoms with van der Waals surface area (Å²) in [4.78, 5) is 0. The van der Waals surface area contributed by atoms with Crippen LogP contribution in [0.25, 0.3) is 65.3 Å². The summed E-state index contributed by atoms with van der Waals surface area (Å²) in [6, 6.07) is 43.3. The molecule has 0 bridgehead atoms. The lowest BCUT2D eigenvalue weighted by Crippen LogP contribution is -2.53. The molecule has 0 amide bonds. The van der Waals surface area contributed by atoms with Crippen LogP contribution in [0.2, 0.25) is 0 Å². The van der Waals surface area contributed by atoms with Crippen molar-refractivity contribution in [1.82, 2.24) is 4.48 Å². The van der Waals surface area contributed by atoms with Crippen molar-refractivity contribution in [3.05, 3.63) is 132 Å². The van der Waals surface area contributed by atoms with Crippen LogP contribution in [0.15, 0.2) is 115 Å². The van der Waals surface area contributed by atoms with E-state index in [2.05, 4.69) is 141 Å². The first kappa shape index (κ1) is 22.9. The van der Waals surface area contributed by atoms with E-state index in [-0.39, 0.29) is 6.85 Å². The number of aromatic nitrogens is 1. The van der Waals surface area contributed by atoms with Gasteiger partial charge in [0, 0.05) is 27.4 Å². The smallest absolute Gasteiger partial charge is 0.330 e. The molecule has 192 valence electrons. The lowest BCUT2D eigenvalue weighted by atomic mass is 9.45. The summed E-state index contributed by atoms with van der Waals surface area (Å²) < 4.78 is 2.69. The SMILES string of the molecule is Cc1cc(C)c(B2c3c(ccc4ccccc34)-c3cc4ccccc4c4c5c6ccccc6ccc5n2c34)c(C)c1. The van der Waals surface area contributed by atoms with Crippen molar-refractivity contribution in [3.63, 3.8) is 0 Å². The highest BCUT2D eigenvalue weighted by atomic mass is 14.9. The van der Waals surface area contributed by atoms with Crippen molar-refractivity contribution in [2.24, 2.45) is 0 Å². The molecule has 1 aliphatic rings. The summed E-state index contributed by atoms with van der Waals surface area (Å²) in [6.45, 7) is 6.87. The van der Waals surface area contributed by atoms with Crippen LogP contribution >= 0.6 is 0 Å². The van der Waals surface area contributed by atoms with Crippen LogP contribution in [-0.2, 0) is 0 Å². The van der Waals surface area contributed by atoms with Gasteiger partial charge in [0.25, 0.3) is 0 Å². The molecule has 2 heteroatoms. The van der Waals surface area contributed by atoms with E-state index >= 15 is 0 Å². The van der Waals surface area contributed by atoms with Crippen LogP contribution in [-0.4, -0.2) is 11.3 Å². The van der Waals surface area contributed by atoms with Crippen LogP contribution in [0.4, 0.5) is 0 Å². The van der Waals surface area contributed by atoms with Crippen molar-refractivity contribution >= 4 is 71.9 Å². The van der Waals surface area contributed by atoms with E-state index in [0.29, 0.717) is 0 Å². The van der Waals surface area contributed by atoms with Gasteiger partial charge in [-0.1, -0.05) is 120 Å². The number of fused-ring (bicyclic) bond motifs is 11. The van der Waals surface area contributed by atoms with Crippen LogP contribution in [0, 0.1) is 20.8 Å². The predicted octanol–water partition coefficient (Wildman–Crippen LogP) is 8.81. The number of nitrogens with zero attached hydrogens (tertiary/aromatic N) is 1. The van der Waals surface area contributed by atoms with Crippen LogP contribution in [0.3, 0.4) is 0 Å². The molecule has 1 aliphatic heterocycles. The fourth-order valence-corrected chi connectivity index (χ4v) is 8.01. The van der Waals surface area contributed by atoms with E-state index in [0.717, 1.165) is 0 Å². The van der Waals surface area contributed by atoms with E-state index in [1.165, 1.54) is 92.9 Å². The average molecular weight is 521 g/mol.